The monoisotopic (exact) mass is 237 g/mol. The van der Waals surface area contributed by atoms with Gasteiger partial charge in [0.2, 0.25) is 0 Å². The van der Waals surface area contributed by atoms with Gasteiger partial charge >= 0.3 is 0 Å². The number of nitrogens with zero attached hydrogens (tertiary/aromatic N) is 2. The minimum Gasteiger partial charge on any atom is -0.463 e. The van der Waals surface area contributed by atoms with Crippen LogP contribution >= 0.6 is 0 Å². The summed E-state index contributed by atoms with van der Waals surface area (Å²) in [6, 6.07) is 4.66. The SMILES string of the molecule is CC1CN(Cc2ccc(CN)o2)CC1N(C)C. The fourth-order valence-electron chi connectivity index (χ4n) is 2.69. The largest absolute Gasteiger partial charge is 0.463 e. The van der Waals surface area contributed by atoms with Gasteiger partial charge in [-0.05, 0) is 32.1 Å². The Morgan fingerprint density at radius 3 is 2.59 bits per heavy atom. The maximum absolute atomic E-state index is 5.65. The summed E-state index contributed by atoms with van der Waals surface area (Å²) in [5, 5.41) is 0. The lowest BCUT2D eigenvalue weighted by atomic mass is 10.1. The summed E-state index contributed by atoms with van der Waals surface area (Å²) in [5.74, 6) is 2.61. The Kier molecular flexibility index (Phi) is 3.86. The summed E-state index contributed by atoms with van der Waals surface area (Å²) in [6.45, 7) is 5.96. The van der Waals surface area contributed by atoms with Crippen LogP contribution in [-0.4, -0.2) is 43.0 Å². The molecular weight excluding hydrogens is 214 g/mol. The second-order valence-electron chi connectivity index (χ2n) is 5.27. The number of rotatable bonds is 4. The topological polar surface area (TPSA) is 45.6 Å². The van der Waals surface area contributed by atoms with Crippen LogP contribution in [0.1, 0.15) is 18.4 Å². The molecule has 4 heteroatoms. The first-order chi connectivity index (χ1) is 8.10. The van der Waals surface area contributed by atoms with Gasteiger partial charge in [0.05, 0.1) is 13.1 Å². The number of hydrogen-bond acceptors (Lipinski definition) is 4. The first kappa shape index (κ1) is 12.6. The van der Waals surface area contributed by atoms with E-state index >= 15 is 0 Å². The van der Waals surface area contributed by atoms with E-state index in [1.54, 1.807) is 0 Å². The van der Waals surface area contributed by atoms with E-state index in [0.29, 0.717) is 18.5 Å². The average Bonchev–Trinajstić information content (AvgIpc) is 2.85. The van der Waals surface area contributed by atoms with Gasteiger partial charge in [-0.2, -0.15) is 0 Å². The van der Waals surface area contributed by atoms with Crippen molar-refractivity contribution in [2.24, 2.45) is 11.7 Å². The minimum absolute atomic E-state index is 0.483. The number of furan rings is 1. The predicted molar refractivity (Wildman–Crippen MR) is 68.5 cm³/mol. The van der Waals surface area contributed by atoms with Crippen LogP contribution in [0.2, 0.25) is 0 Å². The van der Waals surface area contributed by atoms with Gasteiger partial charge in [0, 0.05) is 19.1 Å². The Hall–Kier alpha value is -0.840. The van der Waals surface area contributed by atoms with E-state index in [-0.39, 0.29) is 0 Å². The van der Waals surface area contributed by atoms with Crippen molar-refractivity contribution in [2.75, 3.05) is 27.2 Å². The van der Waals surface area contributed by atoms with Gasteiger partial charge in [-0.25, -0.2) is 0 Å². The van der Waals surface area contributed by atoms with Gasteiger partial charge < -0.3 is 15.1 Å². The highest BCUT2D eigenvalue weighted by atomic mass is 16.3. The van der Waals surface area contributed by atoms with Crippen molar-refractivity contribution in [2.45, 2.75) is 26.1 Å². The zero-order valence-corrected chi connectivity index (χ0v) is 11.0. The van der Waals surface area contributed by atoms with E-state index in [1.807, 2.05) is 12.1 Å². The summed E-state index contributed by atoms with van der Waals surface area (Å²) in [7, 11) is 4.31. The first-order valence-electron chi connectivity index (χ1n) is 6.26. The van der Waals surface area contributed by atoms with Crippen LogP contribution < -0.4 is 5.73 Å². The molecule has 96 valence electrons. The molecule has 0 spiro atoms. The molecule has 1 aromatic heterocycles. The third-order valence-corrected chi connectivity index (χ3v) is 3.61. The lowest BCUT2D eigenvalue weighted by molar-refractivity contribution is 0.243. The second kappa shape index (κ2) is 5.21. The van der Waals surface area contributed by atoms with E-state index < -0.39 is 0 Å². The van der Waals surface area contributed by atoms with Crippen molar-refractivity contribution in [1.29, 1.82) is 0 Å². The molecule has 0 aromatic carbocycles. The van der Waals surface area contributed by atoms with Gasteiger partial charge in [-0.15, -0.1) is 0 Å². The zero-order valence-electron chi connectivity index (χ0n) is 11.0. The van der Waals surface area contributed by atoms with Crippen molar-refractivity contribution in [3.8, 4) is 0 Å². The van der Waals surface area contributed by atoms with Crippen molar-refractivity contribution in [3.63, 3.8) is 0 Å². The lowest BCUT2D eigenvalue weighted by Gasteiger charge is -2.22. The Bertz CT molecular complexity index is 361. The van der Waals surface area contributed by atoms with Crippen molar-refractivity contribution < 1.29 is 4.42 Å². The van der Waals surface area contributed by atoms with Crippen LogP contribution in [0.25, 0.3) is 0 Å². The molecule has 1 aromatic rings. The fraction of sp³-hybridized carbons (Fsp3) is 0.692. The van der Waals surface area contributed by atoms with Crippen molar-refractivity contribution in [1.82, 2.24) is 9.80 Å². The van der Waals surface area contributed by atoms with E-state index in [4.69, 9.17) is 10.2 Å². The molecule has 1 aliphatic rings. The Balaban J connectivity index is 1.92. The molecule has 1 fully saturated rings. The van der Waals surface area contributed by atoms with Gasteiger partial charge in [-0.1, -0.05) is 6.92 Å². The molecule has 0 bridgehead atoms. The minimum atomic E-state index is 0.483. The lowest BCUT2D eigenvalue weighted by Crippen LogP contribution is -2.34. The van der Waals surface area contributed by atoms with Crippen molar-refractivity contribution >= 4 is 0 Å². The van der Waals surface area contributed by atoms with Crippen LogP contribution in [0.15, 0.2) is 16.5 Å². The molecular formula is C13H23N3O. The molecule has 2 atom stereocenters. The first-order valence-corrected chi connectivity index (χ1v) is 6.26. The summed E-state index contributed by atoms with van der Waals surface area (Å²) in [5.41, 5.74) is 5.54. The van der Waals surface area contributed by atoms with Gasteiger partial charge in [-0.3, -0.25) is 4.90 Å². The Morgan fingerprint density at radius 2 is 2.06 bits per heavy atom. The number of hydrogen-bond donors (Lipinski definition) is 1. The van der Waals surface area contributed by atoms with Crippen LogP contribution in [0.3, 0.4) is 0 Å². The van der Waals surface area contributed by atoms with Crippen LogP contribution in [-0.2, 0) is 13.1 Å². The second-order valence-corrected chi connectivity index (χ2v) is 5.27. The van der Waals surface area contributed by atoms with Gasteiger partial charge in [0.25, 0.3) is 0 Å². The summed E-state index contributed by atoms with van der Waals surface area (Å²) in [4.78, 5) is 4.77. The summed E-state index contributed by atoms with van der Waals surface area (Å²) in [6.07, 6.45) is 0. The highest BCUT2D eigenvalue weighted by molar-refractivity contribution is 5.07. The number of nitrogens with two attached hydrogens (primary N) is 1. The van der Waals surface area contributed by atoms with Crippen LogP contribution in [0, 0.1) is 5.92 Å². The molecule has 4 nitrogen and oxygen atoms in total. The molecule has 0 aliphatic carbocycles. The van der Waals surface area contributed by atoms with Crippen LogP contribution in [0.4, 0.5) is 0 Å². The van der Waals surface area contributed by atoms with E-state index in [1.165, 1.54) is 0 Å². The van der Waals surface area contributed by atoms with E-state index in [9.17, 15) is 0 Å². The van der Waals surface area contributed by atoms with Gasteiger partial charge in [0.1, 0.15) is 11.5 Å². The third-order valence-electron chi connectivity index (χ3n) is 3.61. The molecule has 0 amide bonds. The number of likely N-dealkylation sites (tertiary alicyclic amines) is 1. The van der Waals surface area contributed by atoms with Gasteiger partial charge in [0.15, 0.2) is 0 Å². The Morgan fingerprint density at radius 1 is 1.35 bits per heavy atom. The normalized spacial score (nSPS) is 25.9. The standard InChI is InChI=1S/C13H23N3O/c1-10-7-16(9-13(10)15(2)3)8-12-5-4-11(6-14)17-12/h4-5,10,13H,6-9,14H2,1-3H3. The molecule has 0 saturated carbocycles. The third kappa shape index (κ3) is 2.89. The molecule has 1 aliphatic heterocycles. The predicted octanol–water partition coefficient (Wildman–Crippen LogP) is 1.12. The molecule has 2 N–H and O–H groups in total. The summed E-state index contributed by atoms with van der Waals surface area (Å²) >= 11 is 0. The summed E-state index contributed by atoms with van der Waals surface area (Å²) < 4.78 is 5.65. The zero-order chi connectivity index (χ0) is 12.4. The fourth-order valence-corrected chi connectivity index (χ4v) is 2.69. The highest BCUT2D eigenvalue weighted by Crippen LogP contribution is 2.22. The Labute approximate surface area is 103 Å². The molecule has 2 unspecified atom stereocenters. The quantitative estimate of drug-likeness (QED) is 0.852. The molecule has 17 heavy (non-hydrogen) atoms. The average molecular weight is 237 g/mol. The molecule has 2 heterocycles. The molecule has 0 radical (unpaired) electrons. The van der Waals surface area contributed by atoms with Crippen molar-refractivity contribution in [3.05, 3.63) is 23.7 Å². The maximum atomic E-state index is 5.65. The highest BCUT2D eigenvalue weighted by Gasteiger charge is 2.31. The van der Waals surface area contributed by atoms with E-state index in [2.05, 4.69) is 30.8 Å². The van der Waals surface area contributed by atoms with Crippen LogP contribution in [0.5, 0.6) is 0 Å². The smallest absolute Gasteiger partial charge is 0.118 e. The molecule has 2 rings (SSSR count). The number of likely N-dealkylation sites (N-methyl/N-ethyl adjacent to an activating group) is 1. The van der Waals surface area contributed by atoms with E-state index in [0.717, 1.165) is 31.2 Å². The molecule has 1 saturated heterocycles. The maximum Gasteiger partial charge on any atom is 0.118 e.